The maximum Gasteiger partial charge on any atom is 0.173 e. The van der Waals surface area contributed by atoms with E-state index in [2.05, 4.69) is 20.8 Å². The molecule has 5 nitrogen and oxygen atoms in total. The first-order valence-electron chi connectivity index (χ1n) is 10.8. The summed E-state index contributed by atoms with van der Waals surface area (Å²) in [5, 5.41) is 16.0. The lowest BCUT2D eigenvalue weighted by molar-refractivity contribution is -0.244. The van der Waals surface area contributed by atoms with Gasteiger partial charge < -0.3 is 19.7 Å². The van der Waals surface area contributed by atoms with Crippen molar-refractivity contribution in [2.45, 2.75) is 98.1 Å². The van der Waals surface area contributed by atoms with E-state index >= 15 is 0 Å². The zero-order chi connectivity index (χ0) is 20.6. The number of aliphatic hydroxyl groups excluding tert-OH is 2. The van der Waals surface area contributed by atoms with E-state index in [1.165, 1.54) is 32.6 Å². The Kier molecular flexibility index (Phi) is 10.5. The van der Waals surface area contributed by atoms with Gasteiger partial charge in [-0.05, 0) is 39.5 Å². The quantitative estimate of drug-likeness (QED) is 0.714. The molecule has 3 fully saturated rings. The Balaban J connectivity index is 0.000000227. The molecule has 1 heterocycles. The molecule has 6 unspecified atom stereocenters. The highest BCUT2D eigenvalue weighted by Crippen LogP contribution is 2.45. The molecule has 3 aliphatic rings. The van der Waals surface area contributed by atoms with E-state index in [4.69, 9.17) is 19.7 Å². The molecule has 5 heteroatoms. The third kappa shape index (κ3) is 7.12. The molecule has 27 heavy (non-hydrogen) atoms. The second kappa shape index (κ2) is 11.5. The average Bonchev–Trinajstić information content (AvgIpc) is 3.02. The second-order valence-electron chi connectivity index (χ2n) is 8.86. The summed E-state index contributed by atoms with van der Waals surface area (Å²) < 4.78 is 11.9. The van der Waals surface area contributed by atoms with Crippen LogP contribution in [-0.2, 0) is 14.3 Å². The molecule has 1 spiro atoms. The number of carbonyl (C=O) groups is 1. The number of ketones is 1. The molecule has 0 aromatic carbocycles. The molecule has 2 aliphatic carbocycles. The first-order valence-corrected chi connectivity index (χ1v) is 10.8. The number of hydrogen-bond donors (Lipinski definition) is 2. The highest BCUT2D eigenvalue weighted by atomic mass is 16.7. The van der Waals surface area contributed by atoms with Crippen molar-refractivity contribution in [3.8, 4) is 0 Å². The molecule has 3 rings (SSSR count). The van der Waals surface area contributed by atoms with Gasteiger partial charge in [-0.15, -0.1) is 0 Å². The summed E-state index contributed by atoms with van der Waals surface area (Å²) in [6, 6.07) is 0. The first kappa shape index (κ1) is 24.5. The monoisotopic (exact) mass is 386 g/mol. The Bertz CT molecular complexity index is 414. The van der Waals surface area contributed by atoms with E-state index in [-0.39, 0.29) is 18.5 Å². The van der Waals surface area contributed by atoms with Crippen molar-refractivity contribution < 1.29 is 24.5 Å². The number of hydrogen-bond acceptors (Lipinski definition) is 5. The number of ether oxygens (including phenoxy) is 2. The zero-order valence-corrected chi connectivity index (χ0v) is 18.2. The molecule has 2 N–H and O–H groups in total. The zero-order valence-electron chi connectivity index (χ0n) is 18.2. The maximum atomic E-state index is 11.1. The third-order valence-electron chi connectivity index (χ3n) is 6.09. The highest BCUT2D eigenvalue weighted by molar-refractivity contribution is 5.83. The standard InChI is InChI=1S/C11H20O2.C8H14O.C3H8O2/c1-8-5-4-6-9(2)11(8)12-7-10(3)13-11;1-6-4-3-5-7(2)8(6)9;1-3(5)2-4/h8-10H,4-7H2,1-3H3;6-7H,3-5H2,1-2H3;3-5H,2H2,1H3. The topological polar surface area (TPSA) is 76.0 Å². The largest absolute Gasteiger partial charge is 0.394 e. The van der Waals surface area contributed by atoms with Crippen LogP contribution in [0.3, 0.4) is 0 Å². The van der Waals surface area contributed by atoms with Crippen LogP contribution >= 0.6 is 0 Å². The first-order chi connectivity index (χ1) is 12.6. The molecule has 0 bridgehead atoms. The van der Waals surface area contributed by atoms with Crippen LogP contribution in [0.25, 0.3) is 0 Å². The molecule has 6 atom stereocenters. The van der Waals surface area contributed by atoms with Gasteiger partial charge in [0.15, 0.2) is 5.79 Å². The van der Waals surface area contributed by atoms with Crippen molar-refractivity contribution in [2.24, 2.45) is 23.7 Å². The number of carbonyl (C=O) groups excluding carboxylic acids is 1. The number of Topliss-reactive ketones (excluding diaryl/α,β-unsaturated/α-hetero) is 1. The molecule has 0 aromatic rings. The van der Waals surface area contributed by atoms with E-state index in [9.17, 15) is 4.79 Å². The van der Waals surface area contributed by atoms with Gasteiger partial charge in [-0.1, -0.05) is 40.5 Å². The van der Waals surface area contributed by atoms with Gasteiger partial charge in [-0.3, -0.25) is 4.79 Å². The molecule has 1 saturated heterocycles. The van der Waals surface area contributed by atoms with E-state index in [0.29, 0.717) is 29.5 Å². The molecular weight excluding hydrogens is 344 g/mol. The summed E-state index contributed by atoms with van der Waals surface area (Å²) in [7, 11) is 0. The smallest absolute Gasteiger partial charge is 0.173 e. The van der Waals surface area contributed by atoms with Crippen molar-refractivity contribution in [3.63, 3.8) is 0 Å². The van der Waals surface area contributed by atoms with Crippen molar-refractivity contribution in [1.29, 1.82) is 0 Å². The summed E-state index contributed by atoms with van der Waals surface area (Å²) in [4.78, 5) is 11.1. The minimum Gasteiger partial charge on any atom is -0.394 e. The molecule has 160 valence electrons. The van der Waals surface area contributed by atoms with Crippen molar-refractivity contribution >= 4 is 5.78 Å². The van der Waals surface area contributed by atoms with E-state index < -0.39 is 6.10 Å². The van der Waals surface area contributed by atoms with E-state index in [1.807, 2.05) is 13.8 Å². The molecule has 2 saturated carbocycles. The van der Waals surface area contributed by atoms with Crippen LogP contribution in [-0.4, -0.2) is 47.2 Å². The molecule has 1 aliphatic heterocycles. The van der Waals surface area contributed by atoms with Gasteiger partial charge >= 0.3 is 0 Å². The summed E-state index contributed by atoms with van der Waals surface area (Å²) in [6.45, 7) is 12.9. The van der Waals surface area contributed by atoms with Crippen LogP contribution in [0, 0.1) is 23.7 Å². The minimum absolute atomic E-state index is 0.139. The van der Waals surface area contributed by atoms with Gasteiger partial charge in [-0.2, -0.15) is 0 Å². The summed E-state index contributed by atoms with van der Waals surface area (Å²) >= 11 is 0. The Morgan fingerprint density at radius 3 is 1.78 bits per heavy atom. The second-order valence-corrected chi connectivity index (χ2v) is 8.86. The predicted molar refractivity (Wildman–Crippen MR) is 107 cm³/mol. The van der Waals surface area contributed by atoms with Gasteiger partial charge in [-0.25, -0.2) is 0 Å². The van der Waals surface area contributed by atoms with Crippen molar-refractivity contribution in [1.82, 2.24) is 0 Å². The Morgan fingerprint density at radius 2 is 1.44 bits per heavy atom. The van der Waals surface area contributed by atoms with Gasteiger partial charge in [0.1, 0.15) is 5.78 Å². The average molecular weight is 387 g/mol. The normalized spacial score (nSPS) is 39.9. The van der Waals surface area contributed by atoms with E-state index in [0.717, 1.165) is 19.4 Å². The lowest BCUT2D eigenvalue weighted by Gasteiger charge is -2.42. The van der Waals surface area contributed by atoms with E-state index in [1.54, 1.807) is 0 Å². The molecule has 0 radical (unpaired) electrons. The Hall–Kier alpha value is -0.490. The van der Waals surface area contributed by atoms with Crippen LogP contribution in [0.5, 0.6) is 0 Å². The predicted octanol–water partition coefficient (Wildman–Crippen LogP) is 3.95. The highest BCUT2D eigenvalue weighted by Gasteiger charge is 2.50. The van der Waals surface area contributed by atoms with Gasteiger partial charge in [0.25, 0.3) is 0 Å². The summed E-state index contributed by atoms with van der Waals surface area (Å²) in [5.74, 6) is 2.03. The Labute approximate surface area is 165 Å². The van der Waals surface area contributed by atoms with Crippen LogP contribution in [0.2, 0.25) is 0 Å². The lowest BCUT2D eigenvalue weighted by atomic mass is 9.77. The van der Waals surface area contributed by atoms with Crippen LogP contribution < -0.4 is 0 Å². The van der Waals surface area contributed by atoms with Crippen molar-refractivity contribution in [3.05, 3.63) is 0 Å². The molecule has 0 aromatic heterocycles. The molecule has 0 amide bonds. The minimum atomic E-state index is -0.560. The van der Waals surface area contributed by atoms with Gasteiger partial charge in [0.2, 0.25) is 0 Å². The lowest BCUT2D eigenvalue weighted by Crippen LogP contribution is -2.47. The molecular formula is C22H42O5. The Morgan fingerprint density at radius 1 is 1.00 bits per heavy atom. The van der Waals surface area contributed by atoms with Crippen LogP contribution in [0.4, 0.5) is 0 Å². The van der Waals surface area contributed by atoms with Crippen LogP contribution in [0.1, 0.15) is 80.1 Å². The number of rotatable bonds is 1. The fraction of sp³-hybridized carbons (Fsp3) is 0.955. The SMILES string of the molecule is CC(O)CO.CC1CCCC(C)C1=O.CC1COC2(O1)C(C)CCCC2C. The fourth-order valence-corrected chi connectivity index (χ4v) is 4.27. The number of aliphatic hydroxyl groups is 2. The van der Waals surface area contributed by atoms with Crippen LogP contribution in [0.15, 0.2) is 0 Å². The third-order valence-corrected chi connectivity index (χ3v) is 6.09. The maximum absolute atomic E-state index is 11.1. The fourth-order valence-electron chi connectivity index (χ4n) is 4.27. The van der Waals surface area contributed by atoms with Gasteiger partial charge in [0.05, 0.1) is 25.4 Å². The van der Waals surface area contributed by atoms with Gasteiger partial charge in [0, 0.05) is 23.7 Å². The summed E-state index contributed by atoms with van der Waals surface area (Å²) in [6.07, 6.45) is 7.01. The summed E-state index contributed by atoms with van der Waals surface area (Å²) in [5.41, 5.74) is 0. The van der Waals surface area contributed by atoms with Crippen molar-refractivity contribution in [2.75, 3.05) is 13.2 Å².